The second-order valence-corrected chi connectivity index (χ2v) is 7.50. The number of thiocarbonyl (C=S) groups is 1. The predicted octanol–water partition coefficient (Wildman–Crippen LogP) is 4.90. The van der Waals surface area contributed by atoms with Crippen molar-refractivity contribution in [2.75, 3.05) is 10.2 Å². The van der Waals surface area contributed by atoms with Gasteiger partial charge in [0.15, 0.2) is 5.78 Å². The number of carbonyl (C=O) groups excluding carboxylic acids is 1. The lowest BCUT2D eigenvalue weighted by atomic mass is 10.00. The van der Waals surface area contributed by atoms with Crippen molar-refractivity contribution in [3.05, 3.63) is 59.2 Å². The predicted molar refractivity (Wildman–Crippen MR) is 113 cm³/mol. The minimum atomic E-state index is -0.427. The molecule has 2 aromatic carbocycles. The van der Waals surface area contributed by atoms with Gasteiger partial charge in [-0.1, -0.05) is 18.2 Å². The molecule has 4 nitrogen and oxygen atoms in total. The fourth-order valence-corrected chi connectivity index (χ4v) is 3.64. The van der Waals surface area contributed by atoms with Gasteiger partial charge in [-0.3, -0.25) is 4.79 Å². The number of nitrogens with one attached hydrogen (secondary N) is 1. The quantitative estimate of drug-likeness (QED) is 0.621. The van der Waals surface area contributed by atoms with Crippen LogP contribution in [0.4, 0.5) is 11.4 Å². The van der Waals surface area contributed by atoms with Gasteiger partial charge in [0.1, 0.15) is 5.84 Å². The van der Waals surface area contributed by atoms with Gasteiger partial charge >= 0.3 is 0 Å². The molecule has 1 heterocycles. The van der Waals surface area contributed by atoms with E-state index in [2.05, 4.69) is 50.1 Å². The van der Waals surface area contributed by atoms with Crippen molar-refractivity contribution in [2.45, 2.75) is 40.2 Å². The lowest BCUT2D eigenvalue weighted by Gasteiger charge is -2.34. The maximum atomic E-state index is 11.5. The number of benzene rings is 2. The average molecular weight is 366 g/mol. The third-order valence-electron chi connectivity index (χ3n) is 4.79. The van der Waals surface area contributed by atoms with Gasteiger partial charge in [0.05, 0.1) is 5.54 Å². The summed E-state index contributed by atoms with van der Waals surface area (Å²) in [7, 11) is 0. The van der Waals surface area contributed by atoms with Crippen molar-refractivity contribution in [1.82, 2.24) is 0 Å². The molecule has 0 amide bonds. The third kappa shape index (κ3) is 3.15. The number of aliphatic imine (C=N–C) groups is 1. The molecule has 0 unspecified atom stereocenters. The minimum Gasteiger partial charge on any atom is -0.341 e. The lowest BCUT2D eigenvalue weighted by Crippen LogP contribution is -2.49. The lowest BCUT2D eigenvalue weighted by molar-refractivity contribution is 0.101. The molecule has 0 aromatic heterocycles. The van der Waals surface area contributed by atoms with Crippen molar-refractivity contribution in [2.24, 2.45) is 4.99 Å². The van der Waals surface area contributed by atoms with E-state index in [1.54, 1.807) is 6.92 Å². The molecule has 0 radical (unpaired) electrons. The van der Waals surface area contributed by atoms with Gasteiger partial charge in [0, 0.05) is 16.9 Å². The fourth-order valence-electron chi connectivity index (χ4n) is 3.22. The Hall–Kier alpha value is -2.53. The summed E-state index contributed by atoms with van der Waals surface area (Å²) >= 11 is 5.55. The molecule has 1 aliphatic heterocycles. The zero-order valence-electron chi connectivity index (χ0n) is 15.8. The Morgan fingerprint density at radius 3 is 2.19 bits per heavy atom. The second-order valence-electron chi connectivity index (χ2n) is 7.13. The highest BCUT2D eigenvalue weighted by Crippen LogP contribution is 2.33. The zero-order chi connectivity index (χ0) is 19.1. The molecule has 134 valence electrons. The molecule has 1 aliphatic rings. The first-order chi connectivity index (χ1) is 12.2. The van der Waals surface area contributed by atoms with Crippen LogP contribution in [0, 0.1) is 13.8 Å². The topological polar surface area (TPSA) is 44.7 Å². The van der Waals surface area contributed by atoms with Gasteiger partial charge in [0.25, 0.3) is 0 Å². The van der Waals surface area contributed by atoms with Crippen molar-refractivity contribution >= 4 is 40.3 Å². The van der Waals surface area contributed by atoms with Crippen LogP contribution in [-0.4, -0.2) is 22.3 Å². The Labute approximate surface area is 159 Å². The van der Waals surface area contributed by atoms with Crippen LogP contribution >= 0.6 is 12.2 Å². The monoisotopic (exact) mass is 365 g/mol. The summed E-state index contributed by atoms with van der Waals surface area (Å²) in [4.78, 5) is 18.2. The zero-order valence-corrected chi connectivity index (χ0v) is 16.6. The highest BCUT2D eigenvalue weighted by atomic mass is 32.1. The molecular weight excluding hydrogens is 342 g/mol. The van der Waals surface area contributed by atoms with Gasteiger partial charge in [-0.2, -0.15) is 0 Å². The summed E-state index contributed by atoms with van der Waals surface area (Å²) in [5.41, 5.74) is 4.58. The molecule has 5 heteroatoms. The highest BCUT2D eigenvalue weighted by molar-refractivity contribution is 7.80. The molecule has 0 atom stereocenters. The number of carbonyl (C=O) groups is 1. The van der Waals surface area contributed by atoms with Gasteiger partial charge in [-0.25, -0.2) is 4.99 Å². The Kier molecular flexibility index (Phi) is 4.67. The van der Waals surface area contributed by atoms with Crippen molar-refractivity contribution in [3.8, 4) is 0 Å². The molecule has 0 saturated heterocycles. The van der Waals surface area contributed by atoms with Crippen LogP contribution in [0.3, 0.4) is 0 Å². The number of ketones is 1. The molecule has 26 heavy (non-hydrogen) atoms. The van der Waals surface area contributed by atoms with Gasteiger partial charge < -0.3 is 10.2 Å². The summed E-state index contributed by atoms with van der Waals surface area (Å²) in [6.45, 7) is 9.90. The molecule has 0 saturated carbocycles. The number of hydrogen-bond acceptors (Lipinski definition) is 3. The normalized spacial score (nSPS) is 15.8. The summed E-state index contributed by atoms with van der Waals surface area (Å²) in [6, 6.07) is 13.7. The van der Waals surface area contributed by atoms with E-state index in [0.29, 0.717) is 10.7 Å². The van der Waals surface area contributed by atoms with Crippen LogP contribution in [0.2, 0.25) is 0 Å². The van der Waals surface area contributed by atoms with Gasteiger partial charge in [-0.05, 0) is 82.2 Å². The first-order valence-electron chi connectivity index (χ1n) is 8.59. The van der Waals surface area contributed by atoms with Gasteiger partial charge in [-0.15, -0.1) is 0 Å². The van der Waals surface area contributed by atoms with Crippen molar-refractivity contribution < 1.29 is 4.79 Å². The van der Waals surface area contributed by atoms with Crippen LogP contribution in [0.25, 0.3) is 0 Å². The first-order valence-corrected chi connectivity index (χ1v) is 9.00. The Morgan fingerprint density at radius 2 is 1.65 bits per heavy atom. The Morgan fingerprint density at radius 1 is 1.08 bits per heavy atom. The molecule has 0 fully saturated rings. The highest BCUT2D eigenvalue weighted by Gasteiger charge is 2.41. The summed E-state index contributed by atoms with van der Waals surface area (Å²) in [5.74, 6) is 0.865. The van der Waals surface area contributed by atoms with Crippen LogP contribution in [0.1, 0.15) is 42.3 Å². The molecule has 3 rings (SSSR count). The van der Waals surface area contributed by atoms with Crippen LogP contribution in [0.15, 0.2) is 47.5 Å². The molecule has 2 aromatic rings. The van der Waals surface area contributed by atoms with Gasteiger partial charge in [0.2, 0.25) is 5.11 Å². The van der Waals surface area contributed by atoms with Crippen molar-refractivity contribution in [3.63, 3.8) is 0 Å². The Balaban J connectivity index is 1.93. The average Bonchev–Trinajstić information content (AvgIpc) is 2.79. The first kappa shape index (κ1) is 18.3. The number of amidine groups is 1. The van der Waals surface area contributed by atoms with Crippen LogP contribution in [-0.2, 0) is 0 Å². The fraction of sp³-hybridized carbons (Fsp3) is 0.286. The maximum absolute atomic E-state index is 11.5. The van der Waals surface area contributed by atoms with E-state index in [4.69, 9.17) is 12.2 Å². The van der Waals surface area contributed by atoms with E-state index in [1.807, 2.05) is 35.2 Å². The maximum Gasteiger partial charge on any atom is 0.202 e. The molecule has 0 spiro atoms. The number of rotatable bonds is 3. The smallest absolute Gasteiger partial charge is 0.202 e. The largest absolute Gasteiger partial charge is 0.341 e. The summed E-state index contributed by atoms with van der Waals surface area (Å²) in [6.07, 6.45) is 0. The van der Waals surface area contributed by atoms with E-state index in [-0.39, 0.29) is 5.78 Å². The summed E-state index contributed by atoms with van der Waals surface area (Å²) < 4.78 is 0. The van der Waals surface area contributed by atoms with E-state index >= 15 is 0 Å². The number of nitrogens with zero attached hydrogens (tertiary/aromatic N) is 2. The number of anilines is 2. The Bertz CT molecular complexity index is 893. The second kappa shape index (κ2) is 6.65. The molecule has 0 bridgehead atoms. The number of hydrogen-bond donors (Lipinski definition) is 1. The molecule has 0 aliphatic carbocycles. The number of aryl methyl sites for hydroxylation is 2. The van der Waals surface area contributed by atoms with Crippen LogP contribution in [0.5, 0.6) is 0 Å². The van der Waals surface area contributed by atoms with Crippen LogP contribution < -0.4 is 10.2 Å². The third-order valence-corrected chi connectivity index (χ3v) is 5.07. The minimum absolute atomic E-state index is 0.0495. The summed E-state index contributed by atoms with van der Waals surface area (Å²) in [5, 5.41) is 4.01. The van der Waals surface area contributed by atoms with Crippen molar-refractivity contribution in [1.29, 1.82) is 0 Å². The molecular formula is C21H23N3OS. The van der Waals surface area contributed by atoms with E-state index in [0.717, 1.165) is 17.2 Å². The number of para-hydroxylation sites is 1. The SMILES string of the molecule is CC(=O)c1ccc(N2C(=S)N=C(Nc3c(C)cccc3C)C2(C)C)cc1. The van der Waals surface area contributed by atoms with E-state index < -0.39 is 5.54 Å². The standard InChI is InChI=1S/C21H23N3OS/c1-13-7-6-8-14(2)18(13)22-19-21(4,5)24(20(26)23-19)17-11-9-16(10-12-17)15(3)25/h6-12H,1-5H3,(H,22,23,26). The van der Waals surface area contributed by atoms with E-state index in [1.165, 1.54) is 11.1 Å². The number of Topliss-reactive ketones (excluding diaryl/α,β-unsaturated/α-hetero) is 1. The molecule has 1 N–H and O–H groups in total. The van der Waals surface area contributed by atoms with E-state index in [9.17, 15) is 4.79 Å².